The lowest BCUT2D eigenvalue weighted by Gasteiger charge is -2.18. The van der Waals surface area contributed by atoms with E-state index in [1.165, 1.54) is 12.7 Å². The highest BCUT2D eigenvalue weighted by Gasteiger charge is 2.42. The van der Waals surface area contributed by atoms with E-state index in [0.717, 1.165) is 0 Å². The summed E-state index contributed by atoms with van der Waals surface area (Å²) >= 11 is 0. The monoisotopic (exact) mass is 265 g/mol. The van der Waals surface area contributed by atoms with Gasteiger partial charge in [0.05, 0.1) is 18.5 Å². The third-order valence-electron chi connectivity index (χ3n) is 3.75. The predicted molar refractivity (Wildman–Crippen MR) is 66.0 cm³/mol. The van der Waals surface area contributed by atoms with Gasteiger partial charge < -0.3 is 25.6 Å². The van der Waals surface area contributed by atoms with Gasteiger partial charge in [0, 0.05) is 12.5 Å². The first kappa shape index (κ1) is 12.3. The topological polar surface area (TPSA) is 130 Å². The first-order chi connectivity index (χ1) is 9.13. The Bertz CT molecular complexity index is 601. The van der Waals surface area contributed by atoms with Gasteiger partial charge in [0.25, 0.3) is 0 Å². The van der Waals surface area contributed by atoms with Crippen molar-refractivity contribution in [1.29, 1.82) is 0 Å². The lowest BCUT2D eigenvalue weighted by atomic mass is 10.1. The minimum atomic E-state index is -0.967. The van der Waals surface area contributed by atoms with E-state index in [-0.39, 0.29) is 24.4 Å². The zero-order valence-electron chi connectivity index (χ0n) is 10.1. The molecule has 1 aliphatic carbocycles. The summed E-state index contributed by atoms with van der Waals surface area (Å²) in [5, 5.41) is 29.1. The molecule has 1 fully saturated rings. The standard InChI is InChI=1S/C11H15N5O3/c12-10-7-11(14-3-13-10)16(4-15-7)6-1-5(2-17)8(18)9(6)19/h3-6,8-9,17-19H,1-2H2,(H2,12,13,14)/t5-,6-,8+,9?/m1/s1. The molecular formula is C11H15N5O3. The number of aliphatic hydroxyl groups is 3. The second-order valence-corrected chi connectivity index (χ2v) is 4.81. The van der Waals surface area contributed by atoms with Crippen molar-refractivity contribution in [2.45, 2.75) is 24.7 Å². The van der Waals surface area contributed by atoms with Crippen molar-refractivity contribution in [2.75, 3.05) is 12.3 Å². The Balaban J connectivity index is 2.04. The summed E-state index contributed by atoms with van der Waals surface area (Å²) in [5.41, 5.74) is 6.69. The minimum absolute atomic E-state index is 0.168. The number of nitrogens with zero attached hydrogens (tertiary/aromatic N) is 4. The van der Waals surface area contributed by atoms with Gasteiger partial charge in [0.2, 0.25) is 0 Å². The Morgan fingerprint density at radius 3 is 2.74 bits per heavy atom. The van der Waals surface area contributed by atoms with Crippen LogP contribution in [-0.4, -0.2) is 53.7 Å². The summed E-state index contributed by atoms with van der Waals surface area (Å²) in [6.07, 6.45) is 1.39. The number of aromatic nitrogens is 4. The van der Waals surface area contributed by atoms with E-state index in [4.69, 9.17) is 5.73 Å². The van der Waals surface area contributed by atoms with E-state index in [1.54, 1.807) is 4.57 Å². The van der Waals surface area contributed by atoms with Gasteiger partial charge in [-0.15, -0.1) is 0 Å². The fraction of sp³-hybridized carbons (Fsp3) is 0.545. The molecule has 8 heteroatoms. The molecule has 0 bridgehead atoms. The fourth-order valence-corrected chi connectivity index (χ4v) is 2.67. The van der Waals surface area contributed by atoms with Crippen molar-refractivity contribution in [1.82, 2.24) is 19.5 Å². The van der Waals surface area contributed by atoms with Crippen molar-refractivity contribution in [3.63, 3.8) is 0 Å². The maximum absolute atomic E-state index is 10.1. The van der Waals surface area contributed by atoms with Crippen molar-refractivity contribution in [3.8, 4) is 0 Å². The van der Waals surface area contributed by atoms with Gasteiger partial charge in [-0.05, 0) is 6.42 Å². The molecule has 1 saturated carbocycles. The Morgan fingerprint density at radius 1 is 1.26 bits per heavy atom. The van der Waals surface area contributed by atoms with Gasteiger partial charge in [0.15, 0.2) is 11.5 Å². The number of aliphatic hydroxyl groups excluding tert-OH is 3. The second-order valence-electron chi connectivity index (χ2n) is 4.81. The van der Waals surface area contributed by atoms with Crippen molar-refractivity contribution >= 4 is 17.0 Å². The molecule has 2 aromatic heterocycles. The van der Waals surface area contributed by atoms with Crippen LogP contribution in [0.2, 0.25) is 0 Å². The third-order valence-corrected chi connectivity index (χ3v) is 3.75. The molecule has 0 spiro atoms. The van der Waals surface area contributed by atoms with Crippen LogP contribution in [-0.2, 0) is 0 Å². The van der Waals surface area contributed by atoms with E-state index in [9.17, 15) is 15.3 Å². The smallest absolute Gasteiger partial charge is 0.165 e. The number of imidazole rings is 1. The van der Waals surface area contributed by atoms with Crippen molar-refractivity contribution < 1.29 is 15.3 Å². The van der Waals surface area contributed by atoms with Crippen LogP contribution in [0.5, 0.6) is 0 Å². The van der Waals surface area contributed by atoms with E-state index >= 15 is 0 Å². The molecule has 0 aliphatic heterocycles. The van der Waals surface area contributed by atoms with Gasteiger partial charge in [-0.2, -0.15) is 0 Å². The highest BCUT2D eigenvalue weighted by molar-refractivity contribution is 5.81. The molecule has 8 nitrogen and oxygen atoms in total. The molecule has 4 atom stereocenters. The van der Waals surface area contributed by atoms with Gasteiger partial charge in [-0.1, -0.05) is 0 Å². The van der Waals surface area contributed by atoms with Crippen LogP contribution in [0.4, 0.5) is 5.82 Å². The maximum Gasteiger partial charge on any atom is 0.165 e. The predicted octanol–water partition coefficient (Wildman–Crippen LogP) is -1.32. The van der Waals surface area contributed by atoms with E-state index in [0.29, 0.717) is 17.6 Å². The quantitative estimate of drug-likeness (QED) is 0.530. The number of hydrogen-bond acceptors (Lipinski definition) is 7. The highest BCUT2D eigenvalue weighted by Crippen LogP contribution is 2.36. The molecule has 0 amide bonds. The zero-order valence-corrected chi connectivity index (χ0v) is 10.1. The molecule has 1 aliphatic rings. The minimum Gasteiger partial charge on any atom is -0.396 e. The molecule has 2 heterocycles. The summed E-state index contributed by atoms with van der Waals surface area (Å²) < 4.78 is 1.68. The van der Waals surface area contributed by atoms with Crippen LogP contribution in [0.15, 0.2) is 12.7 Å². The zero-order chi connectivity index (χ0) is 13.6. The number of fused-ring (bicyclic) bond motifs is 1. The summed E-state index contributed by atoms with van der Waals surface area (Å²) in [5.74, 6) is -0.0767. The fourth-order valence-electron chi connectivity index (χ4n) is 2.67. The SMILES string of the molecule is Nc1ncnc2c1ncn2[C@@H]1C[C@H](CO)[C@H](O)C1O. The lowest BCUT2D eigenvalue weighted by molar-refractivity contribution is -0.00370. The molecule has 0 aromatic carbocycles. The number of nitrogens with two attached hydrogens (primary N) is 1. The van der Waals surface area contributed by atoms with E-state index in [1.807, 2.05) is 0 Å². The number of hydrogen-bond donors (Lipinski definition) is 4. The maximum atomic E-state index is 10.1. The molecule has 19 heavy (non-hydrogen) atoms. The van der Waals surface area contributed by atoms with E-state index in [2.05, 4.69) is 15.0 Å². The number of anilines is 1. The molecule has 0 radical (unpaired) electrons. The third kappa shape index (κ3) is 1.76. The number of nitrogen functional groups attached to an aromatic ring is 1. The summed E-state index contributed by atoms with van der Waals surface area (Å²) in [7, 11) is 0. The highest BCUT2D eigenvalue weighted by atomic mass is 16.3. The molecule has 102 valence electrons. The molecule has 1 unspecified atom stereocenters. The summed E-state index contributed by atoms with van der Waals surface area (Å²) in [4.78, 5) is 12.1. The lowest BCUT2D eigenvalue weighted by Crippen LogP contribution is -2.30. The average Bonchev–Trinajstić information content (AvgIpc) is 2.94. The summed E-state index contributed by atoms with van der Waals surface area (Å²) in [6, 6.07) is -0.383. The van der Waals surface area contributed by atoms with Crippen LogP contribution in [0.3, 0.4) is 0 Å². The average molecular weight is 265 g/mol. The Morgan fingerprint density at radius 2 is 2.05 bits per heavy atom. The van der Waals surface area contributed by atoms with Gasteiger partial charge in [-0.25, -0.2) is 15.0 Å². The van der Waals surface area contributed by atoms with Crippen LogP contribution >= 0.6 is 0 Å². The number of rotatable bonds is 2. The van der Waals surface area contributed by atoms with Gasteiger partial charge >= 0.3 is 0 Å². The molecular weight excluding hydrogens is 250 g/mol. The van der Waals surface area contributed by atoms with Gasteiger partial charge in [-0.3, -0.25) is 0 Å². The Hall–Kier alpha value is -1.77. The normalized spacial score (nSPS) is 31.1. The molecule has 3 rings (SSSR count). The van der Waals surface area contributed by atoms with Crippen molar-refractivity contribution in [3.05, 3.63) is 12.7 Å². The van der Waals surface area contributed by atoms with Crippen LogP contribution in [0.25, 0.3) is 11.2 Å². The van der Waals surface area contributed by atoms with Crippen molar-refractivity contribution in [2.24, 2.45) is 5.92 Å². The second kappa shape index (κ2) is 4.41. The first-order valence-electron chi connectivity index (χ1n) is 6.03. The summed E-state index contributed by atoms with van der Waals surface area (Å²) in [6.45, 7) is -0.168. The molecule has 0 saturated heterocycles. The van der Waals surface area contributed by atoms with Crippen LogP contribution in [0, 0.1) is 5.92 Å². The van der Waals surface area contributed by atoms with Crippen LogP contribution in [0.1, 0.15) is 12.5 Å². The molecule has 2 aromatic rings. The largest absolute Gasteiger partial charge is 0.396 e. The Kier molecular flexibility index (Phi) is 2.85. The Labute approximate surface area is 108 Å². The van der Waals surface area contributed by atoms with E-state index < -0.39 is 12.2 Å². The van der Waals surface area contributed by atoms with Gasteiger partial charge in [0.1, 0.15) is 17.9 Å². The first-order valence-corrected chi connectivity index (χ1v) is 6.03. The van der Waals surface area contributed by atoms with Crippen LogP contribution < -0.4 is 5.73 Å². The molecule has 5 N–H and O–H groups in total.